The first-order valence-electron chi connectivity index (χ1n) is 6.60. The van der Waals surface area contributed by atoms with E-state index in [1.165, 1.54) is 11.1 Å². The summed E-state index contributed by atoms with van der Waals surface area (Å²) >= 11 is 0. The Balaban J connectivity index is 1.72. The molecule has 0 fully saturated rings. The Bertz CT molecular complexity index is 517. The monoisotopic (exact) mass is 253 g/mol. The standard InChI is InChI=1S/C17H19NO/c1-14-7-9-15(10-8-14)13-18-12-11-17(19)16-5-3-2-4-6-16/h2-10,18H,11-13H2,1H3. The fourth-order valence-electron chi connectivity index (χ4n) is 1.91. The summed E-state index contributed by atoms with van der Waals surface area (Å²) in [4.78, 5) is 11.9. The van der Waals surface area contributed by atoms with Crippen LogP contribution in [0, 0.1) is 6.92 Å². The van der Waals surface area contributed by atoms with Crippen LogP contribution >= 0.6 is 0 Å². The number of hydrogen-bond acceptors (Lipinski definition) is 2. The molecule has 0 atom stereocenters. The number of benzene rings is 2. The van der Waals surface area contributed by atoms with E-state index in [1.807, 2.05) is 30.3 Å². The van der Waals surface area contributed by atoms with E-state index in [-0.39, 0.29) is 5.78 Å². The SMILES string of the molecule is Cc1ccc(CNCCC(=O)c2ccccc2)cc1. The molecule has 19 heavy (non-hydrogen) atoms. The van der Waals surface area contributed by atoms with E-state index < -0.39 is 0 Å². The van der Waals surface area contributed by atoms with Crippen molar-refractivity contribution in [2.24, 2.45) is 0 Å². The normalized spacial score (nSPS) is 10.4. The molecule has 0 aromatic heterocycles. The highest BCUT2D eigenvalue weighted by atomic mass is 16.1. The van der Waals surface area contributed by atoms with E-state index in [0.29, 0.717) is 13.0 Å². The second-order valence-electron chi connectivity index (χ2n) is 4.70. The average molecular weight is 253 g/mol. The van der Waals surface area contributed by atoms with Gasteiger partial charge in [-0.2, -0.15) is 0 Å². The molecule has 0 radical (unpaired) electrons. The number of ketones is 1. The van der Waals surface area contributed by atoms with Gasteiger partial charge in [-0.05, 0) is 12.5 Å². The summed E-state index contributed by atoms with van der Waals surface area (Å²) in [6.07, 6.45) is 0.538. The summed E-state index contributed by atoms with van der Waals surface area (Å²) in [5.41, 5.74) is 3.31. The molecule has 0 aliphatic rings. The Hall–Kier alpha value is -1.93. The fourth-order valence-corrected chi connectivity index (χ4v) is 1.91. The zero-order valence-corrected chi connectivity index (χ0v) is 11.2. The third-order valence-electron chi connectivity index (χ3n) is 3.07. The summed E-state index contributed by atoms with van der Waals surface area (Å²) in [5, 5.41) is 3.30. The van der Waals surface area contributed by atoms with E-state index >= 15 is 0 Å². The molecule has 0 saturated carbocycles. The Kier molecular flexibility index (Phi) is 4.87. The number of carbonyl (C=O) groups excluding carboxylic acids is 1. The number of hydrogen-bond donors (Lipinski definition) is 1. The van der Waals surface area contributed by atoms with Crippen LogP contribution in [0.1, 0.15) is 27.9 Å². The van der Waals surface area contributed by atoms with E-state index in [0.717, 1.165) is 12.1 Å². The third-order valence-corrected chi connectivity index (χ3v) is 3.07. The molecule has 2 heteroatoms. The third kappa shape index (κ3) is 4.34. The molecule has 0 aliphatic heterocycles. The average Bonchev–Trinajstić information content (AvgIpc) is 2.46. The van der Waals surface area contributed by atoms with Gasteiger partial charge in [-0.3, -0.25) is 4.79 Å². The smallest absolute Gasteiger partial charge is 0.164 e. The van der Waals surface area contributed by atoms with Crippen molar-refractivity contribution in [2.75, 3.05) is 6.54 Å². The van der Waals surface area contributed by atoms with E-state index in [9.17, 15) is 4.79 Å². The van der Waals surface area contributed by atoms with Gasteiger partial charge in [0.15, 0.2) is 5.78 Å². The number of carbonyl (C=O) groups is 1. The molecule has 0 aliphatic carbocycles. The maximum Gasteiger partial charge on any atom is 0.164 e. The molecular weight excluding hydrogens is 234 g/mol. The Morgan fingerprint density at radius 3 is 2.37 bits per heavy atom. The molecule has 2 aromatic rings. The number of aryl methyl sites for hydroxylation is 1. The van der Waals surface area contributed by atoms with E-state index in [1.54, 1.807) is 0 Å². The lowest BCUT2D eigenvalue weighted by molar-refractivity contribution is 0.0982. The minimum atomic E-state index is 0.192. The quantitative estimate of drug-likeness (QED) is 0.632. The minimum absolute atomic E-state index is 0.192. The van der Waals surface area contributed by atoms with Crippen LogP contribution in [0.5, 0.6) is 0 Å². The predicted octanol–water partition coefficient (Wildman–Crippen LogP) is 3.36. The van der Waals surface area contributed by atoms with Crippen LogP contribution in [0.3, 0.4) is 0 Å². The van der Waals surface area contributed by atoms with Gasteiger partial charge >= 0.3 is 0 Å². The molecule has 0 spiro atoms. The zero-order valence-electron chi connectivity index (χ0n) is 11.2. The van der Waals surface area contributed by atoms with Gasteiger partial charge in [-0.15, -0.1) is 0 Å². The van der Waals surface area contributed by atoms with Crippen molar-refractivity contribution in [3.05, 3.63) is 71.3 Å². The summed E-state index contributed by atoms with van der Waals surface area (Å²) in [7, 11) is 0. The molecule has 0 bridgehead atoms. The minimum Gasteiger partial charge on any atom is -0.312 e. The van der Waals surface area contributed by atoms with Crippen molar-refractivity contribution in [1.29, 1.82) is 0 Å². The lowest BCUT2D eigenvalue weighted by Crippen LogP contribution is -2.17. The van der Waals surface area contributed by atoms with Crippen molar-refractivity contribution in [1.82, 2.24) is 5.32 Å². The summed E-state index contributed by atoms with van der Waals surface area (Å²) in [6, 6.07) is 17.9. The van der Waals surface area contributed by atoms with Gasteiger partial charge in [0.1, 0.15) is 0 Å². The first kappa shape index (κ1) is 13.5. The van der Waals surface area contributed by atoms with Gasteiger partial charge in [0.05, 0.1) is 0 Å². The lowest BCUT2D eigenvalue weighted by Gasteiger charge is -2.05. The maximum absolute atomic E-state index is 11.9. The van der Waals surface area contributed by atoms with Crippen molar-refractivity contribution in [3.63, 3.8) is 0 Å². The van der Waals surface area contributed by atoms with Crippen molar-refractivity contribution in [2.45, 2.75) is 19.9 Å². The molecule has 0 unspecified atom stereocenters. The molecule has 98 valence electrons. The molecule has 2 nitrogen and oxygen atoms in total. The van der Waals surface area contributed by atoms with Gasteiger partial charge in [0, 0.05) is 25.1 Å². The van der Waals surface area contributed by atoms with Crippen molar-refractivity contribution < 1.29 is 4.79 Å². The maximum atomic E-state index is 11.9. The van der Waals surface area contributed by atoms with Gasteiger partial charge < -0.3 is 5.32 Å². The molecular formula is C17H19NO. The molecule has 1 N–H and O–H groups in total. The van der Waals surface area contributed by atoms with E-state index in [2.05, 4.69) is 36.5 Å². The lowest BCUT2D eigenvalue weighted by atomic mass is 10.1. The largest absolute Gasteiger partial charge is 0.312 e. The van der Waals surface area contributed by atoms with Gasteiger partial charge in [0.25, 0.3) is 0 Å². The number of nitrogens with one attached hydrogen (secondary N) is 1. The highest BCUT2D eigenvalue weighted by Gasteiger charge is 2.03. The first-order chi connectivity index (χ1) is 9.25. The molecule has 0 saturated heterocycles. The molecule has 0 amide bonds. The van der Waals surface area contributed by atoms with Crippen LogP contribution in [0.25, 0.3) is 0 Å². The van der Waals surface area contributed by atoms with Crippen molar-refractivity contribution >= 4 is 5.78 Å². The summed E-state index contributed by atoms with van der Waals surface area (Å²) in [5.74, 6) is 0.192. The Morgan fingerprint density at radius 2 is 1.68 bits per heavy atom. The van der Waals surface area contributed by atoms with Crippen LogP contribution < -0.4 is 5.32 Å². The Labute approximate surface area is 114 Å². The molecule has 2 rings (SSSR count). The topological polar surface area (TPSA) is 29.1 Å². The van der Waals surface area contributed by atoms with Gasteiger partial charge in [0.2, 0.25) is 0 Å². The van der Waals surface area contributed by atoms with Crippen LogP contribution in [0.15, 0.2) is 54.6 Å². The van der Waals surface area contributed by atoms with Crippen LogP contribution in [0.4, 0.5) is 0 Å². The molecule has 0 heterocycles. The van der Waals surface area contributed by atoms with Crippen molar-refractivity contribution in [3.8, 4) is 0 Å². The second kappa shape index (κ2) is 6.86. The second-order valence-corrected chi connectivity index (χ2v) is 4.70. The summed E-state index contributed by atoms with van der Waals surface area (Å²) < 4.78 is 0. The van der Waals surface area contributed by atoms with Crippen LogP contribution in [0.2, 0.25) is 0 Å². The summed E-state index contributed by atoms with van der Waals surface area (Å²) in [6.45, 7) is 3.60. The van der Waals surface area contributed by atoms with Gasteiger partial charge in [-0.1, -0.05) is 60.2 Å². The zero-order chi connectivity index (χ0) is 13.5. The highest BCUT2D eigenvalue weighted by Crippen LogP contribution is 2.04. The predicted molar refractivity (Wildman–Crippen MR) is 78.3 cm³/mol. The Morgan fingerprint density at radius 1 is 1.00 bits per heavy atom. The van der Waals surface area contributed by atoms with Crippen LogP contribution in [-0.4, -0.2) is 12.3 Å². The van der Waals surface area contributed by atoms with Crippen LogP contribution in [-0.2, 0) is 6.54 Å². The first-order valence-corrected chi connectivity index (χ1v) is 6.60. The van der Waals surface area contributed by atoms with E-state index in [4.69, 9.17) is 0 Å². The molecule has 2 aromatic carbocycles. The fraction of sp³-hybridized carbons (Fsp3) is 0.235. The number of rotatable bonds is 6. The number of Topliss-reactive ketones (excluding diaryl/α,β-unsaturated/α-hetero) is 1. The highest BCUT2D eigenvalue weighted by molar-refractivity contribution is 5.96. The van der Waals surface area contributed by atoms with Gasteiger partial charge in [-0.25, -0.2) is 0 Å².